The maximum Gasteiger partial charge on any atom is 0.0468 e. The molecular formula is C33H33N. The van der Waals surface area contributed by atoms with Gasteiger partial charge in [0.15, 0.2) is 0 Å². The minimum atomic E-state index is -0.0384. The van der Waals surface area contributed by atoms with Gasteiger partial charge in [-0.15, -0.1) is 0 Å². The zero-order valence-corrected chi connectivity index (χ0v) is 20.7. The normalized spacial score (nSPS) is 12.6. The van der Waals surface area contributed by atoms with Crippen LogP contribution in [0.5, 0.6) is 0 Å². The van der Waals surface area contributed by atoms with Crippen LogP contribution in [0.25, 0.3) is 23.3 Å². The molecule has 5 rings (SSSR count). The van der Waals surface area contributed by atoms with Gasteiger partial charge in [-0.3, -0.25) is 0 Å². The lowest BCUT2D eigenvalue weighted by Gasteiger charge is -2.28. The minimum Gasteiger partial charge on any atom is -0.310 e. The van der Waals surface area contributed by atoms with Gasteiger partial charge < -0.3 is 4.90 Å². The molecule has 0 saturated carbocycles. The Morgan fingerprint density at radius 1 is 0.588 bits per heavy atom. The largest absolute Gasteiger partial charge is 0.310 e. The molecule has 34 heavy (non-hydrogen) atoms. The number of anilines is 3. The SMILES string of the molecule is C=Cc1ccc(N(c2ccccc2)c2ccc3c(c2)C(C)(C)c2ccccc2-3)cc1C=C.CC. The molecule has 1 aliphatic carbocycles. The van der Waals surface area contributed by atoms with Crippen LogP contribution in [-0.2, 0) is 5.41 Å². The first-order valence-electron chi connectivity index (χ1n) is 12.0. The van der Waals surface area contributed by atoms with Gasteiger partial charge in [0.2, 0.25) is 0 Å². The van der Waals surface area contributed by atoms with Gasteiger partial charge in [0.1, 0.15) is 0 Å². The molecule has 0 atom stereocenters. The van der Waals surface area contributed by atoms with E-state index in [0.29, 0.717) is 0 Å². The van der Waals surface area contributed by atoms with Crippen LogP contribution in [0.3, 0.4) is 0 Å². The number of fused-ring (bicyclic) bond motifs is 3. The Kier molecular flexibility index (Phi) is 6.56. The second-order valence-electron chi connectivity index (χ2n) is 8.79. The predicted molar refractivity (Wildman–Crippen MR) is 150 cm³/mol. The topological polar surface area (TPSA) is 3.24 Å². The van der Waals surface area contributed by atoms with Crippen LogP contribution >= 0.6 is 0 Å². The van der Waals surface area contributed by atoms with Crippen molar-refractivity contribution in [2.45, 2.75) is 33.1 Å². The van der Waals surface area contributed by atoms with E-state index in [1.807, 2.05) is 26.0 Å². The molecule has 0 bridgehead atoms. The molecule has 0 unspecified atom stereocenters. The van der Waals surface area contributed by atoms with Gasteiger partial charge in [-0.05, 0) is 69.8 Å². The van der Waals surface area contributed by atoms with Crippen molar-refractivity contribution >= 4 is 29.2 Å². The Morgan fingerprint density at radius 2 is 1.18 bits per heavy atom. The summed E-state index contributed by atoms with van der Waals surface area (Å²) in [6.45, 7) is 16.6. The molecule has 0 aromatic heterocycles. The van der Waals surface area contributed by atoms with Gasteiger partial charge in [-0.25, -0.2) is 0 Å². The fourth-order valence-corrected chi connectivity index (χ4v) is 4.92. The zero-order chi connectivity index (χ0) is 24.3. The van der Waals surface area contributed by atoms with E-state index in [2.05, 4.69) is 123 Å². The van der Waals surface area contributed by atoms with Gasteiger partial charge in [0.05, 0.1) is 0 Å². The van der Waals surface area contributed by atoms with E-state index in [-0.39, 0.29) is 5.41 Å². The first-order valence-corrected chi connectivity index (χ1v) is 12.0. The van der Waals surface area contributed by atoms with Crippen LogP contribution in [0.2, 0.25) is 0 Å². The summed E-state index contributed by atoms with van der Waals surface area (Å²) in [5.41, 5.74) is 10.9. The quantitative estimate of drug-likeness (QED) is 0.297. The first kappa shape index (κ1) is 23.3. The van der Waals surface area contributed by atoms with Gasteiger partial charge in [-0.2, -0.15) is 0 Å². The van der Waals surface area contributed by atoms with Crippen molar-refractivity contribution in [2.75, 3.05) is 4.90 Å². The summed E-state index contributed by atoms with van der Waals surface area (Å²) < 4.78 is 0. The molecule has 4 aromatic rings. The molecule has 0 heterocycles. The molecule has 1 nitrogen and oxygen atoms in total. The van der Waals surface area contributed by atoms with E-state index in [0.717, 1.165) is 28.2 Å². The van der Waals surface area contributed by atoms with Gasteiger partial charge in [-0.1, -0.05) is 108 Å². The van der Waals surface area contributed by atoms with Crippen molar-refractivity contribution in [3.8, 4) is 11.1 Å². The molecule has 0 aliphatic heterocycles. The third-order valence-corrected chi connectivity index (χ3v) is 6.61. The number of para-hydroxylation sites is 1. The highest BCUT2D eigenvalue weighted by Crippen LogP contribution is 2.50. The Hall–Kier alpha value is -3.84. The second kappa shape index (κ2) is 9.57. The highest BCUT2D eigenvalue weighted by atomic mass is 15.1. The van der Waals surface area contributed by atoms with E-state index in [1.165, 1.54) is 22.3 Å². The molecule has 0 spiro atoms. The van der Waals surface area contributed by atoms with Gasteiger partial charge in [0.25, 0.3) is 0 Å². The summed E-state index contributed by atoms with van der Waals surface area (Å²) >= 11 is 0. The van der Waals surface area contributed by atoms with E-state index in [4.69, 9.17) is 0 Å². The Bertz CT molecular complexity index is 1330. The fraction of sp³-hybridized carbons (Fsp3) is 0.152. The average molecular weight is 444 g/mol. The summed E-state index contributed by atoms with van der Waals surface area (Å²) in [7, 11) is 0. The number of nitrogens with zero attached hydrogens (tertiary/aromatic N) is 1. The lowest BCUT2D eigenvalue weighted by Crippen LogP contribution is -2.16. The third-order valence-electron chi connectivity index (χ3n) is 6.61. The van der Waals surface area contributed by atoms with Crippen LogP contribution in [0.4, 0.5) is 17.1 Å². The molecule has 4 aromatic carbocycles. The summed E-state index contributed by atoms with van der Waals surface area (Å²) in [6, 6.07) is 32.6. The Morgan fingerprint density at radius 3 is 1.88 bits per heavy atom. The summed E-state index contributed by atoms with van der Waals surface area (Å²) in [4.78, 5) is 2.32. The molecule has 0 amide bonds. The summed E-state index contributed by atoms with van der Waals surface area (Å²) in [6.07, 6.45) is 3.77. The zero-order valence-electron chi connectivity index (χ0n) is 20.7. The van der Waals surface area contributed by atoms with E-state index < -0.39 is 0 Å². The smallest absolute Gasteiger partial charge is 0.0468 e. The first-order chi connectivity index (χ1) is 16.5. The van der Waals surface area contributed by atoms with Crippen LogP contribution in [0.1, 0.15) is 49.9 Å². The van der Waals surface area contributed by atoms with Crippen molar-refractivity contribution in [3.05, 3.63) is 126 Å². The van der Waals surface area contributed by atoms with Crippen LogP contribution in [-0.4, -0.2) is 0 Å². The molecule has 0 N–H and O–H groups in total. The standard InChI is InChI=1S/C31H27N.C2H6/c1-5-22-16-17-25(20-23(22)6-2)32(24-12-8-7-9-13-24)26-18-19-28-27-14-10-11-15-29(27)31(3,4)30(28)21-26;1-2/h5-21H,1-2H2,3-4H3;1-2H3. The fourth-order valence-electron chi connectivity index (χ4n) is 4.92. The molecule has 0 radical (unpaired) electrons. The van der Waals surface area contributed by atoms with Crippen molar-refractivity contribution in [2.24, 2.45) is 0 Å². The van der Waals surface area contributed by atoms with Crippen LogP contribution in [0, 0.1) is 0 Å². The van der Waals surface area contributed by atoms with Crippen LogP contribution < -0.4 is 4.90 Å². The van der Waals surface area contributed by atoms with Gasteiger partial charge >= 0.3 is 0 Å². The van der Waals surface area contributed by atoms with Crippen molar-refractivity contribution in [1.82, 2.24) is 0 Å². The lowest BCUT2D eigenvalue weighted by molar-refractivity contribution is 0.660. The number of hydrogen-bond acceptors (Lipinski definition) is 1. The molecule has 1 aliphatic rings. The molecule has 170 valence electrons. The average Bonchev–Trinajstić information content (AvgIpc) is 3.12. The monoisotopic (exact) mass is 443 g/mol. The summed E-state index contributed by atoms with van der Waals surface area (Å²) in [5.74, 6) is 0. The predicted octanol–water partition coefficient (Wildman–Crippen LogP) is 9.77. The maximum atomic E-state index is 4.01. The number of rotatable bonds is 5. The third kappa shape index (κ3) is 3.88. The second-order valence-corrected chi connectivity index (χ2v) is 8.79. The van der Waals surface area contributed by atoms with Crippen molar-refractivity contribution < 1.29 is 0 Å². The molecular weight excluding hydrogens is 410 g/mol. The molecule has 1 heteroatoms. The number of benzene rings is 4. The van der Waals surface area contributed by atoms with Crippen molar-refractivity contribution in [3.63, 3.8) is 0 Å². The number of hydrogen-bond donors (Lipinski definition) is 0. The summed E-state index contributed by atoms with van der Waals surface area (Å²) in [5, 5.41) is 0. The highest BCUT2D eigenvalue weighted by molar-refractivity contribution is 5.86. The Balaban J connectivity index is 0.00000133. The lowest BCUT2D eigenvalue weighted by atomic mass is 9.82. The maximum absolute atomic E-state index is 4.01. The molecule has 0 saturated heterocycles. The van der Waals surface area contributed by atoms with E-state index >= 15 is 0 Å². The Labute approximate surface area is 204 Å². The van der Waals surface area contributed by atoms with Crippen molar-refractivity contribution in [1.29, 1.82) is 0 Å². The van der Waals surface area contributed by atoms with Crippen LogP contribution in [0.15, 0.2) is 104 Å². The van der Waals surface area contributed by atoms with Gasteiger partial charge in [0, 0.05) is 22.5 Å². The van der Waals surface area contributed by atoms with E-state index in [1.54, 1.807) is 0 Å². The molecule has 0 fully saturated rings. The minimum absolute atomic E-state index is 0.0384. The highest BCUT2D eigenvalue weighted by Gasteiger charge is 2.35. The van der Waals surface area contributed by atoms with E-state index in [9.17, 15) is 0 Å².